The van der Waals surface area contributed by atoms with Gasteiger partial charge in [-0.2, -0.15) is 0 Å². The van der Waals surface area contributed by atoms with Crippen molar-refractivity contribution in [3.8, 4) is 0 Å². The Bertz CT molecular complexity index is 277. The summed E-state index contributed by atoms with van der Waals surface area (Å²) in [5.74, 6) is -1.79. The second kappa shape index (κ2) is 6.50. The molecule has 1 heterocycles. The Morgan fingerprint density at radius 2 is 2.17 bits per heavy atom. The van der Waals surface area contributed by atoms with Crippen LogP contribution in [0.15, 0.2) is 0 Å². The molecule has 1 aliphatic rings. The number of ether oxygens (including phenoxy) is 3. The maximum Gasteiger partial charge on any atom is 0.314 e. The Labute approximate surface area is 108 Å². The summed E-state index contributed by atoms with van der Waals surface area (Å²) >= 11 is 0. The zero-order valence-corrected chi connectivity index (χ0v) is 11.6. The van der Waals surface area contributed by atoms with Gasteiger partial charge in [-0.15, -0.1) is 0 Å². The Kier molecular flexibility index (Phi) is 5.56. The second-order valence-corrected chi connectivity index (χ2v) is 5.00. The van der Waals surface area contributed by atoms with Crippen molar-refractivity contribution in [2.45, 2.75) is 58.5 Å². The van der Waals surface area contributed by atoms with Crippen LogP contribution >= 0.6 is 0 Å². The van der Waals surface area contributed by atoms with Crippen LogP contribution in [-0.2, 0) is 19.0 Å². The molecule has 0 bridgehead atoms. The van der Waals surface area contributed by atoms with Crippen molar-refractivity contribution in [1.82, 2.24) is 0 Å². The van der Waals surface area contributed by atoms with E-state index in [-0.39, 0.29) is 0 Å². The number of aliphatic hydroxyl groups excluding tert-OH is 1. The van der Waals surface area contributed by atoms with Crippen molar-refractivity contribution in [2.24, 2.45) is 5.92 Å². The van der Waals surface area contributed by atoms with Crippen molar-refractivity contribution >= 4 is 5.97 Å². The molecule has 1 fully saturated rings. The van der Waals surface area contributed by atoms with Crippen LogP contribution in [0.2, 0.25) is 0 Å². The Morgan fingerprint density at radius 1 is 1.50 bits per heavy atom. The largest absolute Gasteiger partial charge is 0.466 e. The van der Waals surface area contributed by atoms with E-state index in [4.69, 9.17) is 14.2 Å². The fourth-order valence-electron chi connectivity index (χ4n) is 2.16. The highest BCUT2D eigenvalue weighted by atomic mass is 16.7. The van der Waals surface area contributed by atoms with Gasteiger partial charge in [0.2, 0.25) is 0 Å². The number of aliphatic hydroxyl groups is 1. The van der Waals surface area contributed by atoms with E-state index in [1.807, 2.05) is 6.92 Å². The van der Waals surface area contributed by atoms with Crippen molar-refractivity contribution in [3.63, 3.8) is 0 Å². The third-order valence-electron chi connectivity index (χ3n) is 2.99. The average Bonchev–Trinajstić information content (AvgIpc) is 2.59. The molecule has 0 radical (unpaired) electrons. The van der Waals surface area contributed by atoms with E-state index in [0.29, 0.717) is 19.6 Å². The van der Waals surface area contributed by atoms with Crippen LogP contribution in [0.5, 0.6) is 0 Å². The predicted octanol–water partition coefficient (Wildman–Crippen LogP) is 1.48. The Morgan fingerprint density at radius 3 is 2.61 bits per heavy atom. The van der Waals surface area contributed by atoms with Gasteiger partial charge in [0.05, 0.1) is 19.3 Å². The first-order chi connectivity index (χ1) is 8.41. The highest BCUT2D eigenvalue weighted by molar-refractivity contribution is 5.74. The molecule has 3 atom stereocenters. The van der Waals surface area contributed by atoms with Gasteiger partial charge in [0, 0.05) is 0 Å². The van der Waals surface area contributed by atoms with Crippen LogP contribution < -0.4 is 0 Å². The topological polar surface area (TPSA) is 65.0 Å². The molecule has 0 aromatic rings. The van der Waals surface area contributed by atoms with Gasteiger partial charge in [-0.1, -0.05) is 13.3 Å². The molecule has 0 saturated carbocycles. The summed E-state index contributed by atoms with van der Waals surface area (Å²) in [4.78, 5) is 11.9. The summed E-state index contributed by atoms with van der Waals surface area (Å²) < 4.78 is 16.1. The van der Waals surface area contributed by atoms with E-state index in [1.165, 1.54) is 0 Å². The third kappa shape index (κ3) is 3.93. The first-order valence-corrected chi connectivity index (χ1v) is 6.57. The van der Waals surface area contributed by atoms with E-state index in [9.17, 15) is 9.90 Å². The molecule has 18 heavy (non-hydrogen) atoms. The zero-order chi connectivity index (χ0) is 13.8. The zero-order valence-electron chi connectivity index (χ0n) is 11.6. The van der Waals surface area contributed by atoms with E-state index < -0.39 is 29.9 Å². The lowest BCUT2D eigenvalue weighted by atomic mass is 9.93. The Hall–Kier alpha value is -0.650. The molecule has 1 rings (SSSR count). The molecule has 0 aromatic heterocycles. The third-order valence-corrected chi connectivity index (χ3v) is 2.99. The van der Waals surface area contributed by atoms with Gasteiger partial charge in [-0.25, -0.2) is 0 Å². The van der Waals surface area contributed by atoms with Gasteiger partial charge < -0.3 is 19.3 Å². The Balaban J connectivity index is 2.74. The predicted molar refractivity (Wildman–Crippen MR) is 65.9 cm³/mol. The highest BCUT2D eigenvalue weighted by Gasteiger charge is 2.44. The van der Waals surface area contributed by atoms with Crippen LogP contribution in [0.1, 0.15) is 40.5 Å². The molecule has 0 aromatic carbocycles. The van der Waals surface area contributed by atoms with Gasteiger partial charge in [0.1, 0.15) is 12.0 Å². The monoisotopic (exact) mass is 260 g/mol. The molecule has 0 aliphatic carbocycles. The minimum absolute atomic E-state index is 0.297. The van der Waals surface area contributed by atoms with E-state index >= 15 is 0 Å². The summed E-state index contributed by atoms with van der Waals surface area (Å²) in [6, 6.07) is 0. The van der Waals surface area contributed by atoms with Gasteiger partial charge >= 0.3 is 5.97 Å². The fourth-order valence-corrected chi connectivity index (χ4v) is 2.16. The lowest BCUT2D eigenvalue weighted by Crippen LogP contribution is -2.41. The molecule has 1 saturated heterocycles. The van der Waals surface area contributed by atoms with Crippen molar-refractivity contribution < 1.29 is 24.1 Å². The van der Waals surface area contributed by atoms with Crippen LogP contribution in [-0.4, -0.2) is 42.3 Å². The van der Waals surface area contributed by atoms with Gasteiger partial charge in [0.25, 0.3) is 0 Å². The summed E-state index contributed by atoms with van der Waals surface area (Å²) in [6.07, 6.45) is 0.148. The van der Waals surface area contributed by atoms with Crippen LogP contribution in [0.4, 0.5) is 0 Å². The molecule has 2 unspecified atom stereocenters. The molecular formula is C13H24O5. The van der Waals surface area contributed by atoms with Crippen LogP contribution in [0.25, 0.3) is 0 Å². The molecule has 1 aliphatic heterocycles. The second-order valence-electron chi connectivity index (χ2n) is 5.00. The standard InChI is InChI=1S/C13H24O5/c1-5-7-9(14)11(12(15)16-6-2)10-8-17-13(3,4)18-10/h9-11,14H,5-8H2,1-4H3/t9-,10?,11?/m1/s1. The normalized spacial score (nSPS) is 25.7. The van der Waals surface area contributed by atoms with Crippen molar-refractivity contribution in [2.75, 3.05) is 13.2 Å². The number of hydrogen-bond acceptors (Lipinski definition) is 5. The van der Waals surface area contributed by atoms with Crippen LogP contribution in [0.3, 0.4) is 0 Å². The summed E-state index contributed by atoms with van der Waals surface area (Å²) in [5, 5.41) is 10.1. The van der Waals surface area contributed by atoms with E-state index in [2.05, 4.69) is 0 Å². The van der Waals surface area contributed by atoms with Gasteiger partial charge in [-0.3, -0.25) is 4.79 Å². The lowest BCUT2D eigenvalue weighted by Gasteiger charge is -2.26. The van der Waals surface area contributed by atoms with Crippen LogP contribution in [0, 0.1) is 5.92 Å². The first kappa shape index (κ1) is 15.4. The number of esters is 1. The highest BCUT2D eigenvalue weighted by Crippen LogP contribution is 2.30. The maximum atomic E-state index is 11.9. The van der Waals surface area contributed by atoms with Gasteiger partial charge in [-0.05, 0) is 27.2 Å². The van der Waals surface area contributed by atoms with E-state index in [0.717, 1.165) is 6.42 Å². The molecule has 0 amide bonds. The number of carbonyl (C=O) groups is 1. The minimum Gasteiger partial charge on any atom is -0.466 e. The summed E-state index contributed by atoms with van der Waals surface area (Å²) in [6.45, 7) is 7.89. The van der Waals surface area contributed by atoms with Gasteiger partial charge in [0.15, 0.2) is 5.79 Å². The molecular weight excluding hydrogens is 236 g/mol. The van der Waals surface area contributed by atoms with Crippen molar-refractivity contribution in [1.29, 1.82) is 0 Å². The molecule has 106 valence electrons. The van der Waals surface area contributed by atoms with E-state index in [1.54, 1.807) is 20.8 Å². The first-order valence-electron chi connectivity index (χ1n) is 6.57. The average molecular weight is 260 g/mol. The molecule has 5 heteroatoms. The minimum atomic E-state index is -0.753. The molecule has 5 nitrogen and oxygen atoms in total. The summed E-state index contributed by atoms with van der Waals surface area (Å²) in [5.41, 5.74) is 0. The SMILES string of the molecule is CCC[C@@H](O)C(C(=O)OCC)C1COC(C)(C)O1. The fraction of sp³-hybridized carbons (Fsp3) is 0.923. The maximum absolute atomic E-state index is 11.9. The van der Waals surface area contributed by atoms with Crippen molar-refractivity contribution in [3.05, 3.63) is 0 Å². The number of hydrogen-bond donors (Lipinski definition) is 1. The summed E-state index contributed by atoms with van der Waals surface area (Å²) in [7, 11) is 0. The molecule has 0 spiro atoms. The molecule has 1 N–H and O–H groups in total. The lowest BCUT2D eigenvalue weighted by molar-refractivity contribution is -0.170. The number of rotatable bonds is 6. The number of carbonyl (C=O) groups excluding carboxylic acids is 1. The smallest absolute Gasteiger partial charge is 0.314 e. The quantitative estimate of drug-likeness (QED) is 0.733.